The molecule has 0 bridgehead atoms. The van der Waals surface area contributed by atoms with Crippen molar-refractivity contribution in [1.82, 2.24) is 0 Å². The zero-order valence-corrected chi connectivity index (χ0v) is 13.2. The Hall–Kier alpha value is -1.40. The van der Waals surface area contributed by atoms with Crippen LogP contribution in [0, 0.1) is 3.57 Å². The molecule has 0 aliphatic carbocycles. The topological polar surface area (TPSA) is 43.4 Å². The Morgan fingerprint density at radius 3 is 2.45 bits per heavy atom. The molecule has 0 radical (unpaired) electrons. The van der Waals surface area contributed by atoms with Crippen molar-refractivity contribution in [3.05, 3.63) is 68.3 Å². The molecular weight excluding hydrogens is 391 g/mol. The number of hydrogen-bond donors (Lipinski definition) is 0. The van der Waals surface area contributed by atoms with Crippen LogP contribution in [0.2, 0.25) is 5.02 Å². The molecule has 0 heterocycles. The molecule has 0 saturated heterocycles. The third-order valence-electron chi connectivity index (χ3n) is 2.54. The summed E-state index contributed by atoms with van der Waals surface area (Å²) in [5, 5.41) is 0.472. The van der Waals surface area contributed by atoms with E-state index < -0.39 is 5.97 Å². The summed E-state index contributed by atoms with van der Waals surface area (Å²) < 4.78 is 5.93. The highest BCUT2D eigenvalue weighted by Gasteiger charge is 2.12. The maximum Gasteiger partial charge on any atom is 0.338 e. The number of esters is 1. The first-order chi connectivity index (χ1) is 9.56. The lowest BCUT2D eigenvalue weighted by molar-refractivity contribution is 0.0474. The molecule has 0 fully saturated rings. The summed E-state index contributed by atoms with van der Waals surface area (Å²) in [6.07, 6.45) is 0. The molecule has 102 valence electrons. The van der Waals surface area contributed by atoms with E-state index in [2.05, 4.69) is 22.6 Å². The Labute approximate surface area is 135 Å². The predicted octanol–water partition coefficient (Wildman–Crippen LogP) is 3.98. The number of carbonyl (C=O) groups excluding carboxylic acids is 2. The van der Waals surface area contributed by atoms with E-state index in [9.17, 15) is 9.59 Å². The van der Waals surface area contributed by atoms with Gasteiger partial charge in [-0.15, -0.1) is 0 Å². The summed E-state index contributed by atoms with van der Waals surface area (Å²) in [4.78, 5) is 23.7. The van der Waals surface area contributed by atoms with E-state index in [1.807, 2.05) is 6.07 Å². The van der Waals surface area contributed by atoms with Crippen molar-refractivity contribution in [3.8, 4) is 0 Å². The quantitative estimate of drug-likeness (QED) is 0.443. The van der Waals surface area contributed by atoms with Gasteiger partial charge in [0, 0.05) is 14.2 Å². The Morgan fingerprint density at radius 2 is 1.75 bits per heavy atom. The lowest BCUT2D eigenvalue weighted by Gasteiger charge is -2.05. The zero-order valence-electron chi connectivity index (χ0n) is 10.3. The number of hydrogen-bond acceptors (Lipinski definition) is 3. The third kappa shape index (κ3) is 4.05. The van der Waals surface area contributed by atoms with Gasteiger partial charge in [-0.2, -0.15) is 0 Å². The molecule has 0 unspecified atom stereocenters. The van der Waals surface area contributed by atoms with Crippen molar-refractivity contribution >= 4 is 45.9 Å². The van der Waals surface area contributed by atoms with E-state index in [0.717, 1.165) is 3.57 Å². The van der Waals surface area contributed by atoms with Gasteiger partial charge in [0.2, 0.25) is 0 Å². The number of ether oxygens (including phenoxy) is 1. The average Bonchev–Trinajstić information content (AvgIpc) is 2.44. The molecule has 0 atom stereocenters. The van der Waals surface area contributed by atoms with E-state index in [0.29, 0.717) is 16.1 Å². The van der Waals surface area contributed by atoms with E-state index in [1.54, 1.807) is 42.5 Å². The van der Waals surface area contributed by atoms with Crippen LogP contribution in [0.5, 0.6) is 0 Å². The van der Waals surface area contributed by atoms with Crippen LogP contribution >= 0.6 is 34.2 Å². The molecule has 0 N–H and O–H groups in total. The van der Waals surface area contributed by atoms with Crippen molar-refractivity contribution in [2.24, 2.45) is 0 Å². The fraction of sp³-hybridized carbons (Fsp3) is 0.0667. The maximum absolute atomic E-state index is 11.9. The summed E-state index contributed by atoms with van der Waals surface area (Å²) in [5.41, 5.74) is 0.851. The molecular formula is C15H10ClIO3. The average molecular weight is 401 g/mol. The number of rotatable bonds is 4. The second-order valence-corrected chi connectivity index (χ2v) is 5.70. The summed E-state index contributed by atoms with van der Waals surface area (Å²) >= 11 is 7.91. The van der Waals surface area contributed by atoms with E-state index in [-0.39, 0.29) is 12.4 Å². The second-order valence-electron chi connectivity index (χ2n) is 4.02. The van der Waals surface area contributed by atoms with Gasteiger partial charge in [-0.3, -0.25) is 4.79 Å². The van der Waals surface area contributed by atoms with Gasteiger partial charge in [-0.05, 0) is 52.9 Å². The first-order valence-corrected chi connectivity index (χ1v) is 7.23. The van der Waals surface area contributed by atoms with Crippen LogP contribution in [0.15, 0.2) is 48.5 Å². The minimum Gasteiger partial charge on any atom is -0.454 e. The minimum absolute atomic E-state index is 0.286. The smallest absolute Gasteiger partial charge is 0.338 e. The molecule has 0 amide bonds. The van der Waals surface area contributed by atoms with Crippen LogP contribution in [-0.4, -0.2) is 18.4 Å². The van der Waals surface area contributed by atoms with Crippen molar-refractivity contribution in [2.45, 2.75) is 0 Å². The Morgan fingerprint density at radius 1 is 1.05 bits per heavy atom. The van der Waals surface area contributed by atoms with Gasteiger partial charge in [-0.25, -0.2) is 4.79 Å². The molecule has 2 aromatic carbocycles. The zero-order chi connectivity index (χ0) is 14.5. The first kappa shape index (κ1) is 15.0. The Kier molecular flexibility index (Phi) is 5.14. The van der Waals surface area contributed by atoms with Crippen molar-refractivity contribution < 1.29 is 14.3 Å². The van der Waals surface area contributed by atoms with Gasteiger partial charge in [0.25, 0.3) is 0 Å². The molecule has 0 aliphatic rings. The van der Waals surface area contributed by atoms with E-state index >= 15 is 0 Å². The number of carbonyl (C=O) groups is 2. The van der Waals surface area contributed by atoms with E-state index in [1.165, 1.54) is 0 Å². The fourth-order valence-electron chi connectivity index (χ4n) is 1.58. The summed E-state index contributed by atoms with van der Waals surface area (Å²) in [6, 6.07) is 13.5. The SMILES string of the molecule is O=C(COC(=O)c1cccc(I)c1)c1cccc(Cl)c1. The predicted molar refractivity (Wildman–Crippen MR) is 85.2 cm³/mol. The van der Waals surface area contributed by atoms with Crippen molar-refractivity contribution in [2.75, 3.05) is 6.61 Å². The molecule has 0 spiro atoms. The molecule has 2 aromatic rings. The van der Waals surface area contributed by atoms with Gasteiger partial charge in [0.05, 0.1) is 5.56 Å². The summed E-state index contributed by atoms with van der Waals surface area (Å²) in [6.45, 7) is -0.301. The van der Waals surface area contributed by atoms with Crippen molar-refractivity contribution in [3.63, 3.8) is 0 Å². The Balaban J connectivity index is 1.98. The minimum atomic E-state index is -0.515. The van der Waals surface area contributed by atoms with Crippen molar-refractivity contribution in [1.29, 1.82) is 0 Å². The number of Topliss-reactive ketones (excluding diaryl/α,β-unsaturated/α-hetero) is 1. The van der Waals surface area contributed by atoms with Crippen LogP contribution in [0.3, 0.4) is 0 Å². The second kappa shape index (κ2) is 6.85. The number of halogens is 2. The molecule has 5 heteroatoms. The van der Waals surface area contributed by atoms with Gasteiger partial charge in [0.1, 0.15) is 0 Å². The first-order valence-electron chi connectivity index (χ1n) is 5.78. The fourth-order valence-corrected chi connectivity index (χ4v) is 2.31. The maximum atomic E-state index is 11.9. The third-order valence-corrected chi connectivity index (χ3v) is 3.45. The summed E-state index contributed by atoms with van der Waals surface area (Å²) in [5.74, 6) is -0.801. The standard InChI is InChI=1S/C15H10ClIO3/c16-12-5-1-3-10(7-12)14(18)9-20-15(19)11-4-2-6-13(17)8-11/h1-8H,9H2. The summed E-state index contributed by atoms with van der Waals surface area (Å²) in [7, 11) is 0. The van der Waals surface area contributed by atoms with Crippen LogP contribution in [0.1, 0.15) is 20.7 Å². The highest BCUT2D eigenvalue weighted by atomic mass is 127. The number of ketones is 1. The van der Waals surface area contributed by atoms with E-state index in [4.69, 9.17) is 16.3 Å². The lowest BCUT2D eigenvalue weighted by atomic mass is 10.1. The molecule has 20 heavy (non-hydrogen) atoms. The normalized spacial score (nSPS) is 10.1. The molecule has 0 aliphatic heterocycles. The van der Waals surface area contributed by atoms with Gasteiger partial charge in [-0.1, -0.05) is 29.8 Å². The molecule has 2 rings (SSSR count). The van der Waals surface area contributed by atoms with Crippen LogP contribution in [-0.2, 0) is 4.74 Å². The molecule has 0 aromatic heterocycles. The van der Waals surface area contributed by atoms with Crippen LogP contribution < -0.4 is 0 Å². The number of benzene rings is 2. The lowest BCUT2D eigenvalue weighted by Crippen LogP contribution is -2.14. The van der Waals surface area contributed by atoms with Gasteiger partial charge < -0.3 is 4.74 Å². The Bertz CT molecular complexity index is 598. The highest BCUT2D eigenvalue weighted by molar-refractivity contribution is 14.1. The molecule has 3 nitrogen and oxygen atoms in total. The highest BCUT2D eigenvalue weighted by Crippen LogP contribution is 2.12. The van der Waals surface area contributed by atoms with Gasteiger partial charge in [0.15, 0.2) is 12.4 Å². The largest absolute Gasteiger partial charge is 0.454 e. The molecule has 0 saturated carbocycles. The van der Waals surface area contributed by atoms with Gasteiger partial charge >= 0.3 is 5.97 Å². The monoisotopic (exact) mass is 400 g/mol. The van der Waals surface area contributed by atoms with Crippen LogP contribution in [0.25, 0.3) is 0 Å². The van der Waals surface area contributed by atoms with Crippen LogP contribution in [0.4, 0.5) is 0 Å².